The van der Waals surface area contributed by atoms with Crippen LogP contribution < -0.4 is 11.1 Å². The van der Waals surface area contributed by atoms with E-state index in [1.165, 1.54) is 18.2 Å². The van der Waals surface area contributed by atoms with Gasteiger partial charge < -0.3 is 11.1 Å². The molecule has 2 rings (SSSR count). The van der Waals surface area contributed by atoms with Crippen LogP contribution in [0.3, 0.4) is 0 Å². The van der Waals surface area contributed by atoms with E-state index in [0.717, 1.165) is 19.3 Å². The highest BCUT2D eigenvalue weighted by molar-refractivity contribution is 5.93. The normalized spacial score (nSPS) is 22.9. The number of rotatable bonds is 3. The number of carbonyl (C=O) groups excluding carboxylic acids is 1. The van der Waals surface area contributed by atoms with Crippen LogP contribution in [0.25, 0.3) is 0 Å². The molecule has 1 amide bonds. The Balaban J connectivity index is 2.07. The summed E-state index contributed by atoms with van der Waals surface area (Å²) in [5, 5.41) is 2.63. The number of nitrogens with two attached hydrogens (primary N) is 1. The summed E-state index contributed by atoms with van der Waals surface area (Å²) in [5.74, 6) is -0.451. The van der Waals surface area contributed by atoms with Crippen molar-refractivity contribution >= 4 is 11.6 Å². The number of carbonyl (C=O) groups is 1. The fraction of sp³-hybridized carbons (Fsp3) is 0.533. The number of hydrogen-bond acceptors (Lipinski definition) is 2. The van der Waals surface area contributed by atoms with Crippen LogP contribution in [0, 0.1) is 5.92 Å². The molecule has 1 fully saturated rings. The molecular formula is C15H19F3N2O. The Labute approximate surface area is 121 Å². The Hall–Kier alpha value is -1.56. The van der Waals surface area contributed by atoms with Gasteiger partial charge >= 0.3 is 6.18 Å². The number of hydrogen-bond donors (Lipinski definition) is 2. The van der Waals surface area contributed by atoms with Crippen molar-refractivity contribution < 1.29 is 18.0 Å². The molecule has 0 aliphatic heterocycles. The lowest BCUT2D eigenvalue weighted by Gasteiger charge is -2.26. The highest BCUT2D eigenvalue weighted by atomic mass is 19.4. The zero-order valence-electron chi connectivity index (χ0n) is 11.6. The molecule has 3 N–H and O–H groups in total. The maximum atomic E-state index is 12.5. The summed E-state index contributed by atoms with van der Waals surface area (Å²) in [6.07, 6.45) is -2.24. The van der Waals surface area contributed by atoms with Crippen LogP contribution in [0.15, 0.2) is 24.3 Å². The summed E-state index contributed by atoms with van der Waals surface area (Å²) in [7, 11) is 0. The van der Waals surface area contributed by atoms with Gasteiger partial charge in [0.1, 0.15) is 0 Å². The first kappa shape index (κ1) is 15.8. The van der Waals surface area contributed by atoms with Crippen LogP contribution >= 0.6 is 0 Å². The van der Waals surface area contributed by atoms with Crippen molar-refractivity contribution in [2.75, 3.05) is 5.32 Å². The van der Waals surface area contributed by atoms with Crippen molar-refractivity contribution in [3.8, 4) is 0 Å². The van der Waals surface area contributed by atoms with Gasteiger partial charge in [-0.2, -0.15) is 13.2 Å². The molecule has 0 saturated heterocycles. The molecule has 0 bridgehead atoms. The zero-order valence-corrected chi connectivity index (χ0v) is 11.6. The highest BCUT2D eigenvalue weighted by Crippen LogP contribution is 2.28. The van der Waals surface area contributed by atoms with Gasteiger partial charge in [0.2, 0.25) is 5.91 Å². The predicted molar refractivity (Wildman–Crippen MR) is 74.8 cm³/mol. The van der Waals surface area contributed by atoms with Crippen molar-refractivity contribution in [1.29, 1.82) is 0 Å². The Morgan fingerprint density at radius 3 is 2.67 bits per heavy atom. The maximum absolute atomic E-state index is 12.5. The lowest BCUT2D eigenvalue weighted by atomic mass is 9.85. The largest absolute Gasteiger partial charge is 0.393 e. The molecule has 116 valence electrons. The Bertz CT molecular complexity index is 502. The van der Waals surface area contributed by atoms with E-state index in [9.17, 15) is 18.0 Å². The van der Waals surface area contributed by atoms with Gasteiger partial charge in [0.25, 0.3) is 0 Å². The third kappa shape index (κ3) is 4.74. The minimum absolute atomic E-state index is 0.0000751. The third-order valence-electron chi connectivity index (χ3n) is 3.75. The number of amides is 1. The SMILES string of the molecule is NC1CCCC(C(=O)Nc2ccccc2CC(F)(F)F)C1. The molecular weight excluding hydrogens is 281 g/mol. The molecule has 0 spiro atoms. The Morgan fingerprint density at radius 2 is 2.00 bits per heavy atom. The third-order valence-corrected chi connectivity index (χ3v) is 3.75. The van der Waals surface area contributed by atoms with Crippen LogP contribution in [-0.2, 0) is 11.2 Å². The number of halogens is 3. The average Bonchev–Trinajstić information content (AvgIpc) is 2.39. The second-order valence-electron chi connectivity index (χ2n) is 5.56. The van der Waals surface area contributed by atoms with Gasteiger partial charge in [0.05, 0.1) is 6.42 Å². The Kier molecular flexibility index (Phi) is 4.88. The molecule has 1 aromatic carbocycles. The smallest absolute Gasteiger partial charge is 0.328 e. The van der Waals surface area contributed by atoms with Crippen LogP contribution in [0.1, 0.15) is 31.2 Å². The molecule has 6 heteroatoms. The van der Waals surface area contributed by atoms with Crippen molar-refractivity contribution in [2.24, 2.45) is 11.7 Å². The standard InChI is InChI=1S/C15H19F3N2O/c16-15(17,18)9-11-4-1-2-7-13(11)20-14(21)10-5-3-6-12(19)8-10/h1-2,4,7,10,12H,3,5-6,8-9,19H2,(H,20,21). The van der Waals surface area contributed by atoms with E-state index in [4.69, 9.17) is 5.73 Å². The van der Waals surface area contributed by atoms with Gasteiger partial charge in [-0.25, -0.2) is 0 Å². The van der Waals surface area contributed by atoms with E-state index >= 15 is 0 Å². The maximum Gasteiger partial charge on any atom is 0.393 e. The van der Waals surface area contributed by atoms with E-state index in [2.05, 4.69) is 5.32 Å². The lowest BCUT2D eigenvalue weighted by Crippen LogP contribution is -2.34. The highest BCUT2D eigenvalue weighted by Gasteiger charge is 2.30. The number of para-hydroxylation sites is 1. The summed E-state index contributed by atoms with van der Waals surface area (Å²) in [5.41, 5.74) is 6.16. The van der Waals surface area contributed by atoms with Gasteiger partial charge in [0.15, 0.2) is 0 Å². The molecule has 1 aliphatic rings. The zero-order chi connectivity index (χ0) is 15.5. The van der Waals surface area contributed by atoms with Gasteiger partial charge in [-0.1, -0.05) is 24.6 Å². The van der Waals surface area contributed by atoms with Crippen LogP contribution in [-0.4, -0.2) is 18.1 Å². The van der Waals surface area contributed by atoms with Gasteiger partial charge in [-0.15, -0.1) is 0 Å². The number of nitrogens with one attached hydrogen (secondary N) is 1. The summed E-state index contributed by atoms with van der Waals surface area (Å²) >= 11 is 0. The van der Waals surface area contributed by atoms with Crippen LogP contribution in [0.4, 0.5) is 18.9 Å². The molecule has 2 atom stereocenters. The molecule has 21 heavy (non-hydrogen) atoms. The molecule has 1 aliphatic carbocycles. The number of benzene rings is 1. The van der Waals surface area contributed by atoms with Crippen molar-refractivity contribution in [3.05, 3.63) is 29.8 Å². The van der Waals surface area contributed by atoms with Crippen molar-refractivity contribution in [3.63, 3.8) is 0 Å². The summed E-state index contributed by atoms with van der Waals surface area (Å²) in [6.45, 7) is 0. The van der Waals surface area contributed by atoms with Gasteiger partial charge in [0, 0.05) is 17.6 Å². The van der Waals surface area contributed by atoms with E-state index in [-0.39, 0.29) is 29.1 Å². The molecule has 1 aromatic rings. The average molecular weight is 300 g/mol. The monoisotopic (exact) mass is 300 g/mol. The van der Waals surface area contributed by atoms with Crippen LogP contribution in [0.5, 0.6) is 0 Å². The Morgan fingerprint density at radius 1 is 1.29 bits per heavy atom. The molecule has 0 radical (unpaired) electrons. The van der Waals surface area contributed by atoms with Crippen molar-refractivity contribution in [1.82, 2.24) is 0 Å². The van der Waals surface area contributed by atoms with Gasteiger partial charge in [-0.3, -0.25) is 4.79 Å². The molecule has 3 nitrogen and oxygen atoms in total. The number of alkyl halides is 3. The summed E-state index contributed by atoms with van der Waals surface area (Å²) < 4.78 is 37.6. The van der Waals surface area contributed by atoms with E-state index in [1.54, 1.807) is 6.07 Å². The fourth-order valence-electron chi connectivity index (χ4n) is 2.71. The quantitative estimate of drug-likeness (QED) is 0.900. The first-order chi connectivity index (χ1) is 9.85. The van der Waals surface area contributed by atoms with E-state index < -0.39 is 12.6 Å². The fourth-order valence-corrected chi connectivity index (χ4v) is 2.71. The summed E-state index contributed by atoms with van der Waals surface area (Å²) in [6, 6.07) is 6.03. The first-order valence-electron chi connectivity index (χ1n) is 7.06. The minimum Gasteiger partial charge on any atom is -0.328 e. The minimum atomic E-state index is -4.30. The summed E-state index contributed by atoms with van der Waals surface area (Å²) in [4.78, 5) is 12.2. The topological polar surface area (TPSA) is 55.1 Å². The van der Waals surface area contributed by atoms with Crippen LogP contribution in [0.2, 0.25) is 0 Å². The lowest BCUT2D eigenvalue weighted by molar-refractivity contribution is -0.127. The first-order valence-corrected chi connectivity index (χ1v) is 7.06. The molecule has 0 heterocycles. The molecule has 0 aromatic heterocycles. The van der Waals surface area contributed by atoms with E-state index in [1.807, 2.05) is 0 Å². The predicted octanol–water partition coefficient (Wildman–Crippen LogP) is 3.25. The second-order valence-corrected chi connectivity index (χ2v) is 5.56. The second kappa shape index (κ2) is 6.47. The number of anilines is 1. The molecule has 1 saturated carbocycles. The van der Waals surface area contributed by atoms with E-state index in [0.29, 0.717) is 6.42 Å². The van der Waals surface area contributed by atoms with Crippen molar-refractivity contribution in [2.45, 2.75) is 44.3 Å². The van der Waals surface area contributed by atoms with Gasteiger partial charge in [-0.05, 0) is 30.9 Å². The molecule has 2 unspecified atom stereocenters.